The van der Waals surface area contributed by atoms with E-state index >= 15 is 0 Å². The van der Waals surface area contributed by atoms with Crippen molar-refractivity contribution in [2.45, 2.75) is 86.6 Å². The van der Waals surface area contributed by atoms with Crippen LogP contribution in [-0.2, 0) is 9.53 Å². The van der Waals surface area contributed by atoms with Crippen LogP contribution in [0.2, 0.25) is 0 Å². The van der Waals surface area contributed by atoms with E-state index in [4.69, 9.17) is 4.74 Å². The lowest BCUT2D eigenvalue weighted by Crippen LogP contribution is -2.56. The molecule has 1 atom stereocenters. The Balaban J connectivity index is 2.51. The predicted molar refractivity (Wildman–Crippen MR) is 130 cm³/mol. The van der Waals surface area contributed by atoms with E-state index < -0.39 is 0 Å². The molecule has 1 aliphatic carbocycles. The first-order valence-corrected chi connectivity index (χ1v) is 11.7. The number of benzene rings is 1. The van der Waals surface area contributed by atoms with Gasteiger partial charge in [-0.25, -0.2) is 5.01 Å². The lowest BCUT2D eigenvalue weighted by Gasteiger charge is -2.40. The molecule has 0 aliphatic heterocycles. The highest BCUT2D eigenvalue weighted by Crippen LogP contribution is 2.31. The minimum atomic E-state index is -0.215. The molecular weight excluding hydrogens is 400 g/mol. The monoisotopic (exact) mass is 440 g/mol. The van der Waals surface area contributed by atoms with Crippen LogP contribution in [0.1, 0.15) is 88.2 Å². The molecule has 1 aromatic rings. The Morgan fingerprint density at radius 1 is 1.12 bits per heavy atom. The molecule has 0 fully saturated rings. The van der Waals surface area contributed by atoms with Gasteiger partial charge in [-0.2, -0.15) is 0 Å². The molecule has 0 bridgehead atoms. The van der Waals surface area contributed by atoms with Crippen LogP contribution in [0, 0.1) is 19.3 Å². The van der Waals surface area contributed by atoms with Crippen molar-refractivity contribution in [1.29, 1.82) is 0 Å². The Morgan fingerprint density at radius 2 is 1.75 bits per heavy atom. The van der Waals surface area contributed by atoms with Gasteiger partial charge in [0.15, 0.2) is 0 Å². The molecule has 0 unspecified atom stereocenters. The summed E-state index contributed by atoms with van der Waals surface area (Å²) < 4.78 is 5.51. The maximum absolute atomic E-state index is 13.8. The molecule has 2 amide bonds. The molecule has 5 nitrogen and oxygen atoms in total. The van der Waals surface area contributed by atoms with Crippen molar-refractivity contribution in [3.05, 3.63) is 57.9 Å². The van der Waals surface area contributed by atoms with E-state index in [1.165, 1.54) is 0 Å². The predicted octanol–water partition coefficient (Wildman–Crippen LogP) is 6.02. The van der Waals surface area contributed by atoms with E-state index in [0.717, 1.165) is 41.7 Å². The summed E-state index contributed by atoms with van der Waals surface area (Å²) in [7, 11) is 1.63. The number of hydrogen-bond donors (Lipinski definition) is 1. The summed E-state index contributed by atoms with van der Waals surface area (Å²) in [6.45, 7) is 14.4. The van der Waals surface area contributed by atoms with Gasteiger partial charge in [-0.1, -0.05) is 58.2 Å². The highest BCUT2D eigenvalue weighted by molar-refractivity contribution is 6.00. The molecule has 176 valence electrons. The molecule has 0 saturated heterocycles. The molecule has 1 N–H and O–H groups in total. The van der Waals surface area contributed by atoms with E-state index in [0.29, 0.717) is 24.0 Å². The van der Waals surface area contributed by atoms with Crippen LogP contribution in [0.3, 0.4) is 0 Å². The summed E-state index contributed by atoms with van der Waals surface area (Å²) in [5.74, 6) is 0.375. The highest BCUT2D eigenvalue weighted by Gasteiger charge is 2.35. The van der Waals surface area contributed by atoms with Gasteiger partial charge in [0, 0.05) is 16.7 Å². The second-order valence-electron chi connectivity index (χ2n) is 9.78. The number of aryl methyl sites for hydroxylation is 2. The first kappa shape index (κ1) is 25.7. The molecule has 0 radical (unpaired) electrons. The topological polar surface area (TPSA) is 58.6 Å². The van der Waals surface area contributed by atoms with E-state index in [-0.39, 0.29) is 23.3 Å². The first-order valence-electron chi connectivity index (χ1n) is 11.7. The quantitative estimate of drug-likeness (QED) is 0.527. The summed E-state index contributed by atoms with van der Waals surface area (Å²) in [4.78, 5) is 27.3. The minimum Gasteiger partial charge on any atom is -0.497 e. The average Bonchev–Trinajstić information content (AvgIpc) is 2.73. The van der Waals surface area contributed by atoms with Crippen molar-refractivity contribution in [2.75, 3.05) is 7.11 Å². The summed E-state index contributed by atoms with van der Waals surface area (Å²) in [6.07, 6.45) is 5.82. The second kappa shape index (κ2) is 10.8. The molecule has 5 heteroatoms. The largest absolute Gasteiger partial charge is 0.497 e. The van der Waals surface area contributed by atoms with Crippen LogP contribution < -0.4 is 5.43 Å². The van der Waals surface area contributed by atoms with E-state index in [2.05, 4.69) is 33.1 Å². The maximum atomic E-state index is 13.8. The fraction of sp³-hybridized carbons (Fsp3) is 0.556. The van der Waals surface area contributed by atoms with Gasteiger partial charge in [0.2, 0.25) is 0 Å². The Bertz CT molecular complexity index is 886. The third-order valence-corrected chi connectivity index (χ3v) is 6.02. The van der Waals surface area contributed by atoms with Crippen LogP contribution >= 0.6 is 0 Å². The maximum Gasteiger partial charge on any atom is 0.272 e. The fourth-order valence-electron chi connectivity index (χ4n) is 4.52. The smallest absolute Gasteiger partial charge is 0.272 e. The summed E-state index contributed by atoms with van der Waals surface area (Å²) in [5.41, 5.74) is 7.09. The van der Waals surface area contributed by atoms with Crippen molar-refractivity contribution in [1.82, 2.24) is 10.4 Å². The Labute approximate surface area is 193 Å². The van der Waals surface area contributed by atoms with Crippen LogP contribution in [0.15, 0.2) is 41.2 Å². The summed E-state index contributed by atoms with van der Waals surface area (Å²) in [5, 5.41) is 1.59. The van der Waals surface area contributed by atoms with Gasteiger partial charge in [-0.05, 0) is 63.2 Å². The summed E-state index contributed by atoms with van der Waals surface area (Å²) in [6, 6.07) is 5.69. The van der Waals surface area contributed by atoms with Gasteiger partial charge < -0.3 is 4.74 Å². The minimum absolute atomic E-state index is 0.142. The number of amides is 2. The molecule has 2 rings (SSSR count). The average molecular weight is 441 g/mol. The molecule has 0 saturated carbocycles. The second-order valence-corrected chi connectivity index (χ2v) is 9.78. The molecule has 0 aromatic heterocycles. The standard InChI is InChI=1S/C27H40N2O3/c1-9-12-24(27(5,6)7)29(26(31)20-16-18(3)15-19(4)17-20)28-25(30)22-13-11-14-23(32-8)21(22)10-2/h14-17,24H,9-13H2,1-8H3,(H,28,30)/t24-/m1/s1. The van der Waals surface area contributed by atoms with E-state index in [1.807, 2.05) is 45.0 Å². The number of carbonyl (C=O) groups excluding carboxylic acids is 2. The van der Waals surface area contributed by atoms with Gasteiger partial charge in [0.1, 0.15) is 5.76 Å². The zero-order valence-corrected chi connectivity index (χ0v) is 21.1. The molecule has 0 heterocycles. The van der Waals surface area contributed by atoms with Crippen molar-refractivity contribution in [3.63, 3.8) is 0 Å². The van der Waals surface area contributed by atoms with Crippen LogP contribution in [0.25, 0.3) is 0 Å². The lowest BCUT2D eigenvalue weighted by molar-refractivity contribution is -0.123. The number of methoxy groups -OCH3 is 1. The molecule has 32 heavy (non-hydrogen) atoms. The van der Waals surface area contributed by atoms with E-state index in [9.17, 15) is 9.59 Å². The molecule has 1 aliphatic rings. The Morgan fingerprint density at radius 3 is 2.25 bits per heavy atom. The van der Waals surface area contributed by atoms with Crippen LogP contribution in [-0.4, -0.2) is 30.0 Å². The zero-order chi connectivity index (χ0) is 24.1. The number of hydrogen-bond acceptors (Lipinski definition) is 3. The third kappa shape index (κ3) is 6.02. The lowest BCUT2D eigenvalue weighted by atomic mass is 9.83. The molecule has 0 spiro atoms. The van der Waals surface area contributed by atoms with Gasteiger partial charge in [0.05, 0.1) is 13.2 Å². The van der Waals surface area contributed by atoms with Crippen molar-refractivity contribution in [3.8, 4) is 0 Å². The number of ether oxygens (including phenoxy) is 1. The highest BCUT2D eigenvalue weighted by atomic mass is 16.5. The van der Waals surface area contributed by atoms with Gasteiger partial charge in [-0.3, -0.25) is 15.0 Å². The van der Waals surface area contributed by atoms with Crippen LogP contribution in [0.5, 0.6) is 0 Å². The number of carbonyl (C=O) groups is 2. The SMILES string of the molecule is CCC[C@@H](N(NC(=O)C1=C(CC)C(OC)=CCC1)C(=O)c1cc(C)cc(C)c1)C(C)(C)C. The summed E-state index contributed by atoms with van der Waals surface area (Å²) >= 11 is 0. The van der Waals surface area contributed by atoms with Crippen molar-refractivity contribution in [2.24, 2.45) is 5.41 Å². The first-order chi connectivity index (χ1) is 15.0. The molecule has 1 aromatic carbocycles. The number of allylic oxidation sites excluding steroid dienone is 2. The van der Waals surface area contributed by atoms with Gasteiger partial charge >= 0.3 is 0 Å². The number of rotatable bonds is 7. The fourth-order valence-corrected chi connectivity index (χ4v) is 4.52. The van der Waals surface area contributed by atoms with Crippen molar-refractivity contribution >= 4 is 11.8 Å². The number of nitrogens with one attached hydrogen (secondary N) is 1. The third-order valence-electron chi connectivity index (χ3n) is 6.02. The number of nitrogens with zero attached hydrogens (tertiary/aromatic N) is 1. The molecular formula is C27H40N2O3. The van der Waals surface area contributed by atoms with Gasteiger partial charge in [-0.15, -0.1) is 0 Å². The van der Waals surface area contributed by atoms with Gasteiger partial charge in [0.25, 0.3) is 11.8 Å². The van der Waals surface area contributed by atoms with Crippen molar-refractivity contribution < 1.29 is 14.3 Å². The number of hydrazine groups is 1. The zero-order valence-electron chi connectivity index (χ0n) is 21.1. The Kier molecular flexibility index (Phi) is 8.71. The Hall–Kier alpha value is -2.56. The van der Waals surface area contributed by atoms with Crippen LogP contribution in [0.4, 0.5) is 0 Å². The van der Waals surface area contributed by atoms with E-state index in [1.54, 1.807) is 12.1 Å². The normalized spacial score (nSPS) is 15.2.